The summed E-state index contributed by atoms with van der Waals surface area (Å²) in [5.41, 5.74) is 13.5. The van der Waals surface area contributed by atoms with Gasteiger partial charge in [-0.25, -0.2) is 19.9 Å². The zero-order chi connectivity index (χ0) is 51.6. The van der Waals surface area contributed by atoms with Crippen molar-refractivity contribution < 1.29 is 47.7 Å². The number of carbonyl (C=O) groups is 2. The normalized spacial score (nSPS) is 25.2. The van der Waals surface area contributed by atoms with Crippen LogP contribution >= 0.6 is 7.82 Å². The molecule has 73 heavy (non-hydrogen) atoms. The van der Waals surface area contributed by atoms with Crippen molar-refractivity contribution in [2.45, 2.75) is 140 Å². The number of nitrogens with one attached hydrogen (secondary N) is 4. The molecule has 2 saturated heterocycles. The minimum absolute atomic E-state index is 0.0627. The van der Waals surface area contributed by atoms with Gasteiger partial charge in [0.2, 0.25) is 17.2 Å². The molecule has 5 aliphatic rings. The SMILES string of the molecule is CC1CC(C)(C)Nc2cc3c(cc21)C(c1ccccc1C(=O)N(C)CCCC(=O)NCCCCCCNc1nc2c(N)ncnc2n1[C@@H]1O[C@@H]2COP(=O)([O-])O[C@H]2[C@H]1O)=c1cc2c(cc1O3)=[NH+]C(C)(C)CC2C. The molecule has 19 nitrogen and oxygen atoms in total. The molecule has 20 heteroatoms. The molecule has 10 rings (SSSR count). The molecule has 388 valence electrons. The fraction of sp³-hybridized carbons (Fsp3) is 0.509. The molecule has 3 unspecified atom stereocenters. The molecule has 7 atom stereocenters. The van der Waals surface area contributed by atoms with Crippen LogP contribution in [-0.2, 0) is 23.1 Å². The Morgan fingerprint density at radius 1 is 0.986 bits per heavy atom. The molecular formula is C53H67N10O9P. The number of ether oxygens (including phenoxy) is 2. The number of phosphoric ester groups is 1. The summed E-state index contributed by atoms with van der Waals surface area (Å²) in [6.07, 6.45) is 2.86. The third-order valence-corrected chi connectivity index (χ3v) is 15.8. The topological polar surface area (TPSA) is 254 Å². The van der Waals surface area contributed by atoms with Crippen LogP contribution in [0.1, 0.15) is 144 Å². The lowest BCUT2D eigenvalue weighted by molar-refractivity contribution is -0.588. The predicted molar refractivity (Wildman–Crippen MR) is 272 cm³/mol. The van der Waals surface area contributed by atoms with Gasteiger partial charge in [-0.05, 0) is 94.5 Å². The molecule has 0 spiro atoms. The molecule has 5 aromatic rings. The van der Waals surface area contributed by atoms with Crippen molar-refractivity contribution in [3.8, 4) is 11.5 Å². The molecule has 7 heterocycles. The van der Waals surface area contributed by atoms with Crippen LogP contribution in [0, 0.1) is 0 Å². The number of aliphatic hydroxyl groups excluding tert-OH is 1. The minimum Gasteiger partial charge on any atom is -0.756 e. The number of phosphoric acid groups is 1. The maximum atomic E-state index is 14.5. The summed E-state index contributed by atoms with van der Waals surface area (Å²) in [5.74, 6) is 2.41. The Morgan fingerprint density at radius 3 is 2.56 bits per heavy atom. The van der Waals surface area contributed by atoms with E-state index in [-0.39, 0.29) is 41.7 Å². The second-order valence-electron chi connectivity index (χ2n) is 21.7. The van der Waals surface area contributed by atoms with Crippen LogP contribution in [-0.4, -0.2) is 104 Å². The van der Waals surface area contributed by atoms with Crippen LogP contribution < -0.4 is 46.9 Å². The van der Waals surface area contributed by atoms with E-state index in [1.807, 2.05) is 24.3 Å². The van der Waals surface area contributed by atoms with Crippen LogP contribution in [0.2, 0.25) is 0 Å². The summed E-state index contributed by atoms with van der Waals surface area (Å²) in [5, 5.41) is 23.2. The number of aliphatic hydroxyl groups is 1. The summed E-state index contributed by atoms with van der Waals surface area (Å²) in [6, 6.07) is 16.7. The summed E-state index contributed by atoms with van der Waals surface area (Å²) >= 11 is 0. The van der Waals surface area contributed by atoms with Gasteiger partial charge in [0.15, 0.2) is 28.7 Å². The largest absolute Gasteiger partial charge is 0.756 e. The first-order valence-electron chi connectivity index (χ1n) is 25.6. The Morgan fingerprint density at radius 2 is 1.75 bits per heavy atom. The number of nitrogens with zero attached hydrogens (tertiary/aromatic N) is 5. The number of anilines is 3. The Bertz CT molecular complexity index is 3160. The van der Waals surface area contributed by atoms with E-state index < -0.39 is 32.4 Å². The van der Waals surface area contributed by atoms with E-state index in [9.17, 15) is 24.2 Å². The first kappa shape index (κ1) is 50.6. The fourth-order valence-corrected chi connectivity index (χ4v) is 12.5. The van der Waals surface area contributed by atoms with Gasteiger partial charge in [0.05, 0.1) is 12.7 Å². The third-order valence-electron chi connectivity index (χ3n) is 14.8. The van der Waals surface area contributed by atoms with E-state index in [0.717, 1.165) is 83.0 Å². The smallest absolute Gasteiger partial charge is 0.268 e. The first-order chi connectivity index (χ1) is 34.8. The zero-order valence-corrected chi connectivity index (χ0v) is 43.5. The second kappa shape index (κ2) is 19.7. The number of rotatable bonds is 15. The zero-order valence-electron chi connectivity index (χ0n) is 42.6. The Labute approximate surface area is 424 Å². The number of hydrogen-bond donors (Lipinski definition) is 6. The lowest BCUT2D eigenvalue weighted by Crippen LogP contribution is -2.90. The molecule has 5 aliphatic heterocycles. The highest BCUT2D eigenvalue weighted by molar-refractivity contribution is 7.45. The van der Waals surface area contributed by atoms with Crippen LogP contribution in [0.4, 0.5) is 17.5 Å². The highest BCUT2D eigenvalue weighted by Gasteiger charge is 2.51. The lowest BCUT2D eigenvalue weighted by Gasteiger charge is -2.38. The van der Waals surface area contributed by atoms with Crippen LogP contribution in [0.15, 0.2) is 54.9 Å². The fourth-order valence-electron chi connectivity index (χ4n) is 11.5. The van der Waals surface area contributed by atoms with E-state index in [2.05, 4.69) is 102 Å². The summed E-state index contributed by atoms with van der Waals surface area (Å²) < 4.78 is 36.2. The monoisotopic (exact) mass is 1020 g/mol. The van der Waals surface area contributed by atoms with Crippen molar-refractivity contribution in [2.75, 3.05) is 49.7 Å². The highest BCUT2D eigenvalue weighted by atomic mass is 31.2. The number of carbonyl (C=O) groups excluding carboxylic acids is 2. The average Bonchev–Trinajstić information content (AvgIpc) is 3.85. The number of benzene rings is 3. The summed E-state index contributed by atoms with van der Waals surface area (Å²) in [6.45, 7) is 14.6. The molecule has 3 aromatic carbocycles. The molecule has 7 N–H and O–H groups in total. The third kappa shape index (κ3) is 10.2. The van der Waals surface area contributed by atoms with Crippen molar-refractivity contribution in [3.63, 3.8) is 0 Å². The summed E-state index contributed by atoms with van der Waals surface area (Å²) in [7, 11) is -2.77. The van der Waals surface area contributed by atoms with Gasteiger partial charge >= 0.3 is 0 Å². The van der Waals surface area contributed by atoms with E-state index in [1.165, 1.54) is 22.0 Å². The van der Waals surface area contributed by atoms with Crippen molar-refractivity contribution in [1.82, 2.24) is 29.7 Å². The van der Waals surface area contributed by atoms with Gasteiger partial charge in [-0.1, -0.05) is 44.9 Å². The van der Waals surface area contributed by atoms with Gasteiger partial charge in [-0.3, -0.25) is 18.7 Å². The number of nitrogen functional groups attached to an aromatic ring is 1. The Balaban J connectivity index is 0.747. The van der Waals surface area contributed by atoms with Crippen molar-refractivity contribution >= 4 is 53.8 Å². The summed E-state index contributed by atoms with van der Waals surface area (Å²) in [4.78, 5) is 57.9. The molecule has 2 amide bonds. The van der Waals surface area contributed by atoms with Gasteiger partial charge in [-0.15, -0.1) is 0 Å². The number of aromatic nitrogens is 4. The van der Waals surface area contributed by atoms with Crippen LogP contribution in [0.3, 0.4) is 0 Å². The predicted octanol–water partition coefficient (Wildman–Crippen LogP) is 4.23. The van der Waals surface area contributed by atoms with E-state index in [1.54, 1.807) is 11.9 Å². The number of imidazole rings is 1. The second-order valence-corrected chi connectivity index (χ2v) is 23.1. The Hall–Kier alpha value is -5.95. The number of hydrogen-bond acceptors (Lipinski definition) is 15. The Kier molecular flexibility index (Phi) is 13.7. The number of fused-ring (bicyclic) bond motifs is 6. The minimum atomic E-state index is -4.58. The quantitative estimate of drug-likeness (QED) is 0.0622. The molecule has 0 aliphatic carbocycles. The van der Waals surface area contributed by atoms with Gasteiger partial charge in [0.1, 0.15) is 36.1 Å². The van der Waals surface area contributed by atoms with Crippen molar-refractivity contribution in [1.29, 1.82) is 0 Å². The number of amides is 2. The van der Waals surface area contributed by atoms with Gasteiger partial charge in [-0.2, -0.15) is 0 Å². The molecule has 2 aromatic heterocycles. The maximum Gasteiger partial charge on any atom is 0.268 e. The average molecular weight is 1020 g/mol. The lowest BCUT2D eigenvalue weighted by atomic mass is 9.79. The molecule has 0 saturated carbocycles. The van der Waals surface area contributed by atoms with E-state index in [4.69, 9.17) is 24.3 Å². The molecular weight excluding hydrogens is 952 g/mol. The molecule has 0 bridgehead atoms. The van der Waals surface area contributed by atoms with Gasteiger partial charge in [0, 0.05) is 84.3 Å². The highest BCUT2D eigenvalue weighted by Crippen LogP contribution is 2.51. The first-order valence-corrected chi connectivity index (χ1v) is 27.0. The van der Waals surface area contributed by atoms with Gasteiger partial charge < -0.3 is 55.1 Å². The maximum absolute atomic E-state index is 14.5. The molecule has 0 radical (unpaired) electrons. The van der Waals surface area contributed by atoms with Crippen LogP contribution in [0.25, 0.3) is 16.7 Å². The van der Waals surface area contributed by atoms with Crippen molar-refractivity contribution in [2.24, 2.45) is 0 Å². The van der Waals surface area contributed by atoms with Gasteiger partial charge in [0.25, 0.3) is 13.7 Å². The molecule has 2 fully saturated rings. The number of unbranched alkanes of at least 4 members (excludes halogenated alkanes) is 3. The van der Waals surface area contributed by atoms with Crippen molar-refractivity contribution in [3.05, 3.63) is 93.3 Å². The van der Waals surface area contributed by atoms with E-state index in [0.29, 0.717) is 60.6 Å². The standard InChI is InChI=1S/C53H67N10O9P/c1-29-25-52(3,4)60-37-23-39-35(21-33(29)37)43(36-22-34-30(2)26-53(5,6)61-38(34)24-40(36)70-39)31-15-10-11-16-32(31)49(66)62(7)20-14-17-42(64)55-18-12-8-9-13-19-56-51-59-44-47(54)57-28-58-48(44)63(51)50-45(65)46-41(71-50)27-69-73(67,68)72-46/h10-11,15-16,21-24,28-30,41,45-46,50,60,65H,8-9,12-14,17-20,25-27H2,1-7H3,(H,55,64)(H,56,59)(H,67,68)(H2,54,57,58)/t29?,30?,41-,45-,46-,50-/m1/s1. The van der Waals surface area contributed by atoms with Crippen LogP contribution in [0.5, 0.6) is 11.5 Å². The van der Waals surface area contributed by atoms with E-state index >= 15 is 0 Å². The number of nitrogens with two attached hydrogens (primary N) is 1.